The Morgan fingerprint density at radius 1 is 1.29 bits per heavy atom. The van der Waals surface area contributed by atoms with E-state index in [0.29, 0.717) is 17.5 Å². The van der Waals surface area contributed by atoms with E-state index in [1.54, 1.807) is 11.1 Å². The number of likely N-dealkylation sites (N-methyl/N-ethyl adjacent to an activating group) is 1. The molecule has 1 fully saturated rings. The molecule has 1 aromatic rings. The van der Waals surface area contributed by atoms with E-state index in [1.807, 2.05) is 0 Å². The van der Waals surface area contributed by atoms with E-state index in [9.17, 15) is 0 Å². The summed E-state index contributed by atoms with van der Waals surface area (Å²) in [5, 5.41) is 3.79. The van der Waals surface area contributed by atoms with Gasteiger partial charge in [0.1, 0.15) is 0 Å². The maximum Gasteiger partial charge on any atom is 0.0480 e. The summed E-state index contributed by atoms with van der Waals surface area (Å²) in [5.74, 6) is 0. The molecule has 2 aliphatic rings. The van der Waals surface area contributed by atoms with Crippen LogP contribution in [0.15, 0.2) is 24.3 Å². The molecule has 0 aromatic heterocycles. The van der Waals surface area contributed by atoms with Crippen molar-refractivity contribution in [3.8, 4) is 0 Å². The van der Waals surface area contributed by atoms with Crippen LogP contribution in [0.25, 0.3) is 0 Å². The van der Waals surface area contributed by atoms with Gasteiger partial charge in [0.15, 0.2) is 0 Å². The van der Waals surface area contributed by atoms with Gasteiger partial charge >= 0.3 is 0 Å². The lowest BCUT2D eigenvalue weighted by Gasteiger charge is -2.35. The zero-order valence-corrected chi connectivity index (χ0v) is 13.9. The maximum absolute atomic E-state index is 3.79. The standard InChI is InChI=1S/C19H30N2/c1-4-20-18-16-10-6-5-8-15(16)9-7-11-17(18)21-13-12-19(2,3)14-21/h5-6,8,10,17-18,20H,4,7,9,11-14H2,1-3H3. The fourth-order valence-electron chi connectivity index (χ4n) is 4.24. The van der Waals surface area contributed by atoms with Crippen LogP contribution < -0.4 is 5.32 Å². The topological polar surface area (TPSA) is 15.3 Å². The molecule has 2 atom stereocenters. The van der Waals surface area contributed by atoms with Gasteiger partial charge in [-0.25, -0.2) is 0 Å². The van der Waals surface area contributed by atoms with Gasteiger partial charge in [0.05, 0.1) is 0 Å². The summed E-state index contributed by atoms with van der Waals surface area (Å²) in [5.41, 5.74) is 3.60. The highest BCUT2D eigenvalue weighted by molar-refractivity contribution is 5.32. The van der Waals surface area contributed by atoms with Crippen LogP contribution in [-0.2, 0) is 6.42 Å². The molecule has 116 valence electrons. The lowest BCUT2D eigenvalue weighted by molar-refractivity contribution is 0.166. The van der Waals surface area contributed by atoms with Crippen molar-refractivity contribution >= 4 is 0 Å². The van der Waals surface area contributed by atoms with Crippen LogP contribution in [0.2, 0.25) is 0 Å². The monoisotopic (exact) mass is 286 g/mol. The third kappa shape index (κ3) is 3.17. The minimum atomic E-state index is 0.489. The smallest absolute Gasteiger partial charge is 0.0480 e. The third-order valence-electron chi connectivity index (χ3n) is 5.32. The molecule has 2 unspecified atom stereocenters. The van der Waals surface area contributed by atoms with E-state index in [2.05, 4.69) is 55.3 Å². The van der Waals surface area contributed by atoms with Crippen LogP contribution in [-0.4, -0.2) is 30.6 Å². The molecular weight excluding hydrogens is 256 g/mol. The van der Waals surface area contributed by atoms with Crippen molar-refractivity contribution in [2.24, 2.45) is 5.41 Å². The normalized spacial score (nSPS) is 29.1. The van der Waals surface area contributed by atoms with Crippen molar-refractivity contribution in [2.45, 2.75) is 58.5 Å². The second kappa shape index (κ2) is 6.10. The molecule has 1 aliphatic carbocycles. The number of nitrogens with one attached hydrogen (secondary N) is 1. The molecule has 2 nitrogen and oxygen atoms in total. The van der Waals surface area contributed by atoms with Gasteiger partial charge in [-0.3, -0.25) is 4.90 Å². The van der Waals surface area contributed by atoms with E-state index in [-0.39, 0.29) is 0 Å². The highest BCUT2D eigenvalue weighted by Crippen LogP contribution is 2.37. The summed E-state index contributed by atoms with van der Waals surface area (Å²) in [6.45, 7) is 10.6. The number of likely N-dealkylation sites (tertiary alicyclic amines) is 1. The molecular formula is C19H30N2. The van der Waals surface area contributed by atoms with Crippen molar-refractivity contribution < 1.29 is 0 Å². The quantitative estimate of drug-likeness (QED) is 0.851. The molecule has 1 N–H and O–H groups in total. The van der Waals surface area contributed by atoms with Crippen molar-refractivity contribution in [3.05, 3.63) is 35.4 Å². The Morgan fingerprint density at radius 2 is 2.10 bits per heavy atom. The highest BCUT2D eigenvalue weighted by atomic mass is 15.2. The van der Waals surface area contributed by atoms with Crippen LogP contribution >= 0.6 is 0 Å². The van der Waals surface area contributed by atoms with Gasteiger partial charge in [0.2, 0.25) is 0 Å². The number of nitrogens with zero attached hydrogens (tertiary/aromatic N) is 1. The summed E-state index contributed by atoms with van der Waals surface area (Å²) < 4.78 is 0. The number of hydrogen-bond acceptors (Lipinski definition) is 2. The average Bonchev–Trinajstić information content (AvgIpc) is 2.72. The van der Waals surface area contributed by atoms with Crippen LogP contribution in [0.5, 0.6) is 0 Å². The first-order chi connectivity index (χ1) is 10.1. The molecule has 0 saturated carbocycles. The second-order valence-electron chi connectivity index (χ2n) is 7.58. The fraction of sp³-hybridized carbons (Fsp3) is 0.684. The predicted molar refractivity (Wildman–Crippen MR) is 89.6 cm³/mol. The molecule has 1 aromatic carbocycles. The summed E-state index contributed by atoms with van der Waals surface area (Å²) in [7, 11) is 0. The Kier molecular flexibility index (Phi) is 4.37. The summed E-state index contributed by atoms with van der Waals surface area (Å²) in [6.07, 6.45) is 5.22. The number of hydrogen-bond donors (Lipinski definition) is 1. The van der Waals surface area contributed by atoms with Gasteiger partial charge in [-0.05, 0) is 55.3 Å². The SMILES string of the molecule is CCNC1c2ccccc2CCCC1N1CCC(C)(C)C1. The van der Waals surface area contributed by atoms with Crippen molar-refractivity contribution in [1.82, 2.24) is 10.2 Å². The zero-order chi connectivity index (χ0) is 14.9. The molecule has 0 spiro atoms. The molecule has 0 amide bonds. The summed E-state index contributed by atoms with van der Waals surface area (Å²) in [4.78, 5) is 2.76. The minimum Gasteiger partial charge on any atom is -0.309 e. The molecule has 2 heteroatoms. The first-order valence-electron chi connectivity index (χ1n) is 8.66. The number of aryl methyl sites for hydroxylation is 1. The number of fused-ring (bicyclic) bond motifs is 1. The number of benzene rings is 1. The molecule has 1 aliphatic heterocycles. The van der Waals surface area contributed by atoms with Gasteiger partial charge in [-0.2, -0.15) is 0 Å². The van der Waals surface area contributed by atoms with Gasteiger partial charge in [0.25, 0.3) is 0 Å². The first-order valence-corrected chi connectivity index (χ1v) is 8.66. The van der Waals surface area contributed by atoms with Crippen LogP contribution in [0.1, 0.15) is 57.2 Å². The van der Waals surface area contributed by atoms with Gasteiger partial charge < -0.3 is 5.32 Å². The predicted octanol–water partition coefficient (Wildman–Crippen LogP) is 3.77. The Labute approximate surface area is 129 Å². The lowest BCUT2D eigenvalue weighted by atomic mass is 9.92. The Morgan fingerprint density at radius 3 is 2.81 bits per heavy atom. The van der Waals surface area contributed by atoms with Gasteiger partial charge in [-0.1, -0.05) is 45.0 Å². The van der Waals surface area contributed by atoms with Crippen LogP contribution in [0.4, 0.5) is 0 Å². The van der Waals surface area contributed by atoms with E-state index < -0.39 is 0 Å². The Hall–Kier alpha value is -0.860. The zero-order valence-electron chi connectivity index (χ0n) is 13.9. The maximum atomic E-state index is 3.79. The molecule has 0 bridgehead atoms. The lowest BCUT2D eigenvalue weighted by Crippen LogP contribution is -2.44. The first kappa shape index (κ1) is 15.1. The molecule has 21 heavy (non-hydrogen) atoms. The number of rotatable bonds is 3. The second-order valence-corrected chi connectivity index (χ2v) is 7.58. The van der Waals surface area contributed by atoms with Crippen LogP contribution in [0.3, 0.4) is 0 Å². The van der Waals surface area contributed by atoms with Crippen molar-refractivity contribution in [2.75, 3.05) is 19.6 Å². The van der Waals surface area contributed by atoms with Gasteiger partial charge in [-0.15, -0.1) is 0 Å². The average molecular weight is 286 g/mol. The Balaban J connectivity index is 1.89. The minimum absolute atomic E-state index is 0.489. The highest BCUT2D eigenvalue weighted by Gasteiger charge is 2.38. The van der Waals surface area contributed by atoms with E-state index >= 15 is 0 Å². The summed E-state index contributed by atoms with van der Waals surface area (Å²) in [6, 6.07) is 10.2. The molecule has 3 rings (SSSR count). The molecule has 1 saturated heterocycles. The van der Waals surface area contributed by atoms with E-state index in [1.165, 1.54) is 38.8 Å². The van der Waals surface area contributed by atoms with Gasteiger partial charge in [0, 0.05) is 18.6 Å². The fourth-order valence-corrected chi connectivity index (χ4v) is 4.24. The van der Waals surface area contributed by atoms with Crippen molar-refractivity contribution in [1.29, 1.82) is 0 Å². The van der Waals surface area contributed by atoms with E-state index in [4.69, 9.17) is 0 Å². The Bertz CT molecular complexity index is 480. The van der Waals surface area contributed by atoms with E-state index in [0.717, 1.165) is 6.54 Å². The van der Waals surface area contributed by atoms with Crippen molar-refractivity contribution in [3.63, 3.8) is 0 Å². The third-order valence-corrected chi connectivity index (χ3v) is 5.32. The molecule has 1 heterocycles. The van der Waals surface area contributed by atoms with Crippen LogP contribution in [0, 0.1) is 5.41 Å². The largest absolute Gasteiger partial charge is 0.309 e. The molecule has 0 radical (unpaired) electrons. The summed E-state index contributed by atoms with van der Waals surface area (Å²) >= 11 is 0.